The smallest absolute Gasteiger partial charge is 0.217 e. The molecule has 0 aliphatic carbocycles. The van der Waals surface area contributed by atoms with E-state index < -0.39 is 0 Å². The van der Waals surface area contributed by atoms with Gasteiger partial charge < -0.3 is 14.9 Å². The second-order valence-electron chi connectivity index (χ2n) is 6.04. The highest BCUT2D eigenvalue weighted by Crippen LogP contribution is 2.20. The standard InChI is InChI=1S/C19H22N4O3S/c1-14-4-2-5-15(12-14)26-10-11-27-19-22-21-18(8-7-17(20)24)23(19)13-16-6-3-9-25-16/h2-6,9,12H,7-8,10-11,13H2,1H3,(H2,20,24). The highest BCUT2D eigenvalue weighted by atomic mass is 32.2. The quantitative estimate of drug-likeness (QED) is 0.425. The van der Waals surface area contributed by atoms with Crippen LogP contribution in [0.1, 0.15) is 23.6 Å². The summed E-state index contributed by atoms with van der Waals surface area (Å²) in [5, 5.41) is 9.24. The van der Waals surface area contributed by atoms with E-state index in [-0.39, 0.29) is 12.3 Å². The van der Waals surface area contributed by atoms with Gasteiger partial charge in [0.1, 0.15) is 17.3 Å². The molecule has 2 aromatic heterocycles. The van der Waals surface area contributed by atoms with E-state index in [1.165, 1.54) is 0 Å². The molecule has 0 aliphatic rings. The molecule has 3 rings (SSSR count). The second kappa shape index (κ2) is 9.27. The zero-order chi connectivity index (χ0) is 19.1. The van der Waals surface area contributed by atoms with Crippen molar-refractivity contribution in [3.8, 4) is 5.75 Å². The summed E-state index contributed by atoms with van der Waals surface area (Å²) in [6, 6.07) is 11.7. The molecule has 2 N–H and O–H groups in total. The van der Waals surface area contributed by atoms with Crippen LogP contribution >= 0.6 is 11.8 Å². The maximum absolute atomic E-state index is 11.1. The summed E-state index contributed by atoms with van der Waals surface area (Å²) in [5.74, 6) is 2.73. The molecule has 1 amide bonds. The topological polar surface area (TPSA) is 96.2 Å². The average Bonchev–Trinajstić information content (AvgIpc) is 3.28. The van der Waals surface area contributed by atoms with Gasteiger partial charge in [0.2, 0.25) is 5.91 Å². The van der Waals surface area contributed by atoms with E-state index in [0.29, 0.717) is 25.4 Å². The Balaban J connectivity index is 1.62. The van der Waals surface area contributed by atoms with Crippen LogP contribution in [0.3, 0.4) is 0 Å². The van der Waals surface area contributed by atoms with E-state index in [1.807, 2.05) is 47.9 Å². The maximum atomic E-state index is 11.1. The lowest BCUT2D eigenvalue weighted by atomic mass is 10.2. The number of amides is 1. The zero-order valence-corrected chi connectivity index (χ0v) is 15.9. The summed E-state index contributed by atoms with van der Waals surface area (Å²) < 4.78 is 13.2. The SMILES string of the molecule is Cc1cccc(OCCSc2nnc(CCC(N)=O)n2Cc2ccco2)c1. The van der Waals surface area contributed by atoms with Crippen LogP contribution in [-0.2, 0) is 17.8 Å². The number of hydrogen-bond donors (Lipinski definition) is 1. The number of benzene rings is 1. The Morgan fingerprint density at radius 3 is 2.93 bits per heavy atom. The Morgan fingerprint density at radius 2 is 2.19 bits per heavy atom. The van der Waals surface area contributed by atoms with E-state index in [1.54, 1.807) is 18.0 Å². The third-order valence-electron chi connectivity index (χ3n) is 3.86. The van der Waals surface area contributed by atoms with Gasteiger partial charge in [-0.15, -0.1) is 10.2 Å². The minimum Gasteiger partial charge on any atom is -0.493 e. The number of furan rings is 1. The highest BCUT2D eigenvalue weighted by molar-refractivity contribution is 7.99. The van der Waals surface area contributed by atoms with Gasteiger partial charge in [0, 0.05) is 18.6 Å². The van der Waals surface area contributed by atoms with E-state index in [0.717, 1.165) is 28.0 Å². The van der Waals surface area contributed by atoms with Gasteiger partial charge in [-0.1, -0.05) is 23.9 Å². The maximum Gasteiger partial charge on any atom is 0.217 e. The summed E-state index contributed by atoms with van der Waals surface area (Å²) in [4.78, 5) is 11.1. The third-order valence-corrected chi connectivity index (χ3v) is 4.79. The monoisotopic (exact) mass is 386 g/mol. The molecule has 0 radical (unpaired) electrons. The number of thioether (sulfide) groups is 1. The predicted octanol–water partition coefficient (Wildman–Crippen LogP) is 2.82. The number of aromatic nitrogens is 3. The molecule has 0 bridgehead atoms. The summed E-state index contributed by atoms with van der Waals surface area (Å²) in [6.45, 7) is 3.10. The molecule has 142 valence electrons. The van der Waals surface area contributed by atoms with E-state index in [9.17, 15) is 4.79 Å². The normalized spacial score (nSPS) is 10.9. The molecule has 0 unspecified atom stereocenters. The van der Waals surface area contributed by atoms with Crippen LogP contribution in [0.15, 0.2) is 52.2 Å². The number of aryl methyl sites for hydroxylation is 2. The molecule has 0 aliphatic heterocycles. The van der Waals surface area contributed by atoms with E-state index in [4.69, 9.17) is 14.9 Å². The molecular formula is C19H22N4O3S. The molecular weight excluding hydrogens is 364 g/mol. The van der Waals surface area contributed by atoms with Crippen molar-refractivity contribution in [3.63, 3.8) is 0 Å². The molecule has 0 saturated heterocycles. The Kier molecular flexibility index (Phi) is 6.54. The van der Waals surface area contributed by atoms with Gasteiger partial charge in [0.15, 0.2) is 5.16 Å². The van der Waals surface area contributed by atoms with Crippen LogP contribution in [0, 0.1) is 6.92 Å². The molecule has 0 fully saturated rings. The minimum absolute atomic E-state index is 0.234. The molecule has 1 aromatic carbocycles. The van der Waals surface area contributed by atoms with Crippen molar-refractivity contribution in [2.24, 2.45) is 5.73 Å². The van der Waals surface area contributed by atoms with Crippen LogP contribution in [-0.4, -0.2) is 33.0 Å². The molecule has 0 spiro atoms. The van der Waals surface area contributed by atoms with Crippen LogP contribution < -0.4 is 10.5 Å². The molecule has 7 nitrogen and oxygen atoms in total. The fraction of sp³-hybridized carbons (Fsp3) is 0.316. The number of primary amides is 1. The molecule has 8 heteroatoms. The first-order valence-electron chi connectivity index (χ1n) is 8.67. The largest absolute Gasteiger partial charge is 0.493 e. The number of rotatable bonds is 10. The Hall–Kier alpha value is -2.74. The Labute approximate surface area is 161 Å². The van der Waals surface area contributed by atoms with Crippen LogP contribution in [0.25, 0.3) is 0 Å². The lowest BCUT2D eigenvalue weighted by Crippen LogP contribution is -2.14. The number of carbonyl (C=O) groups excluding carboxylic acids is 1. The van der Waals surface area contributed by atoms with Gasteiger partial charge in [0.05, 0.1) is 19.4 Å². The first-order valence-corrected chi connectivity index (χ1v) is 9.65. The molecule has 2 heterocycles. The number of carbonyl (C=O) groups is 1. The third kappa shape index (κ3) is 5.62. The van der Waals surface area contributed by atoms with Crippen molar-refractivity contribution in [1.82, 2.24) is 14.8 Å². The zero-order valence-electron chi connectivity index (χ0n) is 15.1. The van der Waals surface area contributed by atoms with Crippen molar-refractivity contribution in [2.45, 2.75) is 31.5 Å². The number of nitrogens with two attached hydrogens (primary N) is 1. The van der Waals surface area contributed by atoms with Gasteiger partial charge >= 0.3 is 0 Å². The fourth-order valence-corrected chi connectivity index (χ4v) is 3.33. The molecule has 0 saturated carbocycles. The fourth-order valence-electron chi connectivity index (χ4n) is 2.56. The Morgan fingerprint density at radius 1 is 1.30 bits per heavy atom. The van der Waals surface area contributed by atoms with Crippen molar-refractivity contribution in [3.05, 3.63) is 59.8 Å². The lowest BCUT2D eigenvalue weighted by Gasteiger charge is -2.09. The van der Waals surface area contributed by atoms with Crippen LogP contribution in [0.2, 0.25) is 0 Å². The van der Waals surface area contributed by atoms with Gasteiger partial charge in [-0.05, 0) is 36.8 Å². The van der Waals surface area contributed by atoms with Crippen molar-refractivity contribution in [2.75, 3.05) is 12.4 Å². The Bertz CT molecular complexity index is 877. The molecule has 27 heavy (non-hydrogen) atoms. The molecule has 0 atom stereocenters. The second-order valence-corrected chi connectivity index (χ2v) is 7.11. The highest BCUT2D eigenvalue weighted by Gasteiger charge is 2.15. The van der Waals surface area contributed by atoms with Crippen LogP contribution in [0.5, 0.6) is 5.75 Å². The van der Waals surface area contributed by atoms with Crippen LogP contribution in [0.4, 0.5) is 0 Å². The summed E-state index contributed by atoms with van der Waals surface area (Å²) in [7, 11) is 0. The van der Waals surface area contributed by atoms with Gasteiger partial charge in [0.25, 0.3) is 0 Å². The average molecular weight is 386 g/mol. The summed E-state index contributed by atoms with van der Waals surface area (Å²) >= 11 is 1.55. The van der Waals surface area contributed by atoms with Crippen molar-refractivity contribution >= 4 is 17.7 Å². The molecule has 3 aromatic rings. The minimum atomic E-state index is -0.358. The number of hydrogen-bond acceptors (Lipinski definition) is 6. The first-order chi connectivity index (χ1) is 13.1. The van der Waals surface area contributed by atoms with E-state index in [2.05, 4.69) is 10.2 Å². The first kappa shape index (κ1) is 19.0. The summed E-state index contributed by atoms with van der Waals surface area (Å²) in [6.07, 6.45) is 2.31. The van der Waals surface area contributed by atoms with Gasteiger partial charge in [-0.3, -0.25) is 9.36 Å². The lowest BCUT2D eigenvalue weighted by molar-refractivity contribution is -0.118. The summed E-state index contributed by atoms with van der Waals surface area (Å²) in [5.41, 5.74) is 6.42. The van der Waals surface area contributed by atoms with Gasteiger partial charge in [-0.25, -0.2) is 0 Å². The van der Waals surface area contributed by atoms with Gasteiger partial charge in [-0.2, -0.15) is 0 Å². The predicted molar refractivity (Wildman–Crippen MR) is 103 cm³/mol. The van der Waals surface area contributed by atoms with E-state index >= 15 is 0 Å². The number of nitrogens with zero attached hydrogens (tertiary/aromatic N) is 3. The van der Waals surface area contributed by atoms with Crippen molar-refractivity contribution < 1.29 is 13.9 Å². The van der Waals surface area contributed by atoms with Crippen molar-refractivity contribution in [1.29, 1.82) is 0 Å². The number of ether oxygens (including phenoxy) is 1.